The number of rotatable bonds is 2. The predicted octanol–water partition coefficient (Wildman–Crippen LogP) is 1.17. The fourth-order valence-corrected chi connectivity index (χ4v) is 0.931. The molecule has 0 atom stereocenters. The van der Waals surface area contributed by atoms with Crippen LogP contribution in [-0.4, -0.2) is 26.6 Å². The van der Waals surface area contributed by atoms with Crippen LogP contribution in [0.1, 0.15) is 26.5 Å². The molecule has 0 aliphatic rings. The molecule has 15 heavy (non-hydrogen) atoms. The fraction of sp³-hybridized carbons (Fsp3) is 0.500. The summed E-state index contributed by atoms with van der Waals surface area (Å²) >= 11 is 0. The number of carbonyl (C=O) groups excluding carboxylic acids is 1. The Balaban J connectivity index is 2.55. The van der Waals surface area contributed by atoms with E-state index in [1.165, 1.54) is 6.08 Å². The molecule has 5 nitrogen and oxygen atoms in total. The molecule has 0 spiro atoms. The third-order valence-electron chi connectivity index (χ3n) is 1.42. The summed E-state index contributed by atoms with van der Waals surface area (Å²) in [5.74, 6) is -0.381. The molecule has 0 saturated carbocycles. The van der Waals surface area contributed by atoms with E-state index in [9.17, 15) is 4.79 Å². The Kier molecular flexibility index (Phi) is 3.24. The first-order valence-electron chi connectivity index (χ1n) is 4.64. The van der Waals surface area contributed by atoms with Crippen LogP contribution in [0.2, 0.25) is 0 Å². The second-order valence-corrected chi connectivity index (χ2v) is 4.18. The molecule has 0 fully saturated rings. The summed E-state index contributed by atoms with van der Waals surface area (Å²) in [4.78, 5) is 11.3. The first-order chi connectivity index (χ1) is 6.87. The van der Waals surface area contributed by atoms with E-state index < -0.39 is 5.60 Å². The Bertz CT molecular complexity index is 374. The minimum absolute atomic E-state index is 0.381. The van der Waals surface area contributed by atoms with Gasteiger partial charge in [0.1, 0.15) is 11.3 Å². The zero-order chi connectivity index (χ0) is 11.5. The largest absolute Gasteiger partial charge is 0.457 e. The zero-order valence-corrected chi connectivity index (χ0v) is 9.39. The molecule has 5 heteroatoms. The Hall–Kier alpha value is -1.65. The van der Waals surface area contributed by atoms with Crippen molar-refractivity contribution < 1.29 is 9.53 Å². The molecule has 0 amide bonds. The summed E-state index contributed by atoms with van der Waals surface area (Å²) in [7, 11) is 1.76. The molecule has 82 valence electrons. The van der Waals surface area contributed by atoms with E-state index >= 15 is 0 Å². The van der Waals surface area contributed by atoms with E-state index in [1.807, 2.05) is 20.8 Å². The van der Waals surface area contributed by atoms with Gasteiger partial charge >= 0.3 is 5.97 Å². The number of aromatic nitrogens is 3. The monoisotopic (exact) mass is 209 g/mol. The summed E-state index contributed by atoms with van der Waals surface area (Å²) in [5, 5.41) is 7.54. The van der Waals surface area contributed by atoms with Gasteiger partial charge in [0.15, 0.2) is 0 Å². The lowest BCUT2D eigenvalue weighted by Crippen LogP contribution is -2.22. The standard InChI is InChI=1S/C10H15N3O2/c1-10(2,3)15-9(14)6-5-8-7-13(4)12-11-8/h5-7H,1-4H3/b6-5+. The van der Waals surface area contributed by atoms with Crippen molar-refractivity contribution >= 4 is 12.0 Å². The van der Waals surface area contributed by atoms with Gasteiger partial charge < -0.3 is 4.74 Å². The van der Waals surface area contributed by atoms with Crippen molar-refractivity contribution in [2.45, 2.75) is 26.4 Å². The molecule has 0 radical (unpaired) electrons. The van der Waals surface area contributed by atoms with Gasteiger partial charge in [-0.05, 0) is 26.8 Å². The number of nitrogens with zero attached hydrogens (tertiary/aromatic N) is 3. The first kappa shape index (κ1) is 11.4. The van der Waals surface area contributed by atoms with Crippen molar-refractivity contribution in [3.05, 3.63) is 18.0 Å². The number of hydrogen-bond donors (Lipinski definition) is 0. The molecular formula is C10H15N3O2. The quantitative estimate of drug-likeness (QED) is 0.542. The minimum Gasteiger partial charge on any atom is -0.457 e. The third kappa shape index (κ3) is 4.39. The SMILES string of the molecule is Cn1cc(/C=C/C(=O)OC(C)(C)C)nn1. The van der Waals surface area contributed by atoms with E-state index in [4.69, 9.17) is 4.74 Å². The molecule has 0 aromatic carbocycles. The summed E-state index contributed by atoms with van der Waals surface area (Å²) in [6.07, 6.45) is 4.62. The van der Waals surface area contributed by atoms with Crippen LogP contribution in [0.15, 0.2) is 12.3 Å². The summed E-state index contributed by atoms with van der Waals surface area (Å²) in [6, 6.07) is 0. The summed E-state index contributed by atoms with van der Waals surface area (Å²) in [5.41, 5.74) is 0.160. The topological polar surface area (TPSA) is 57.0 Å². The maximum absolute atomic E-state index is 11.3. The number of esters is 1. The molecular weight excluding hydrogens is 194 g/mol. The van der Waals surface area contributed by atoms with E-state index in [-0.39, 0.29) is 5.97 Å². The van der Waals surface area contributed by atoms with Gasteiger partial charge in [0.05, 0.1) is 6.20 Å². The smallest absolute Gasteiger partial charge is 0.331 e. The highest BCUT2D eigenvalue weighted by atomic mass is 16.6. The summed E-state index contributed by atoms with van der Waals surface area (Å²) < 4.78 is 6.65. The van der Waals surface area contributed by atoms with Crippen LogP contribution in [0.4, 0.5) is 0 Å². The van der Waals surface area contributed by atoms with Crippen molar-refractivity contribution in [1.29, 1.82) is 0 Å². The van der Waals surface area contributed by atoms with Gasteiger partial charge in [-0.15, -0.1) is 5.10 Å². The van der Waals surface area contributed by atoms with E-state index in [0.29, 0.717) is 5.69 Å². The van der Waals surface area contributed by atoms with Crippen molar-refractivity contribution in [3.8, 4) is 0 Å². The molecule has 0 aliphatic carbocycles. The zero-order valence-electron chi connectivity index (χ0n) is 9.39. The highest BCUT2D eigenvalue weighted by Crippen LogP contribution is 2.07. The molecule has 0 unspecified atom stereocenters. The van der Waals surface area contributed by atoms with Crippen molar-refractivity contribution in [2.75, 3.05) is 0 Å². The highest BCUT2D eigenvalue weighted by Gasteiger charge is 2.13. The second kappa shape index (κ2) is 4.25. The maximum Gasteiger partial charge on any atom is 0.331 e. The molecule has 1 aromatic rings. The second-order valence-electron chi connectivity index (χ2n) is 4.18. The molecule has 1 heterocycles. The number of carbonyl (C=O) groups is 1. The average Bonchev–Trinajstić information content (AvgIpc) is 2.45. The van der Waals surface area contributed by atoms with Crippen LogP contribution < -0.4 is 0 Å². The molecule has 0 saturated heterocycles. The van der Waals surface area contributed by atoms with Crippen LogP contribution >= 0.6 is 0 Å². The molecule has 0 aliphatic heterocycles. The van der Waals surface area contributed by atoms with Gasteiger partial charge in [0.25, 0.3) is 0 Å². The van der Waals surface area contributed by atoms with Gasteiger partial charge in [-0.25, -0.2) is 4.79 Å². The van der Waals surface area contributed by atoms with Gasteiger partial charge in [-0.2, -0.15) is 0 Å². The lowest BCUT2D eigenvalue weighted by molar-refractivity contribution is -0.148. The number of aryl methyl sites for hydroxylation is 1. The van der Waals surface area contributed by atoms with E-state index in [1.54, 1.807) is 24.0 Å². The Labute approximate surface area is 88.7 Å². The summed E-state index contributed by atoms with van der Waals surface area (Å²) in [6.45, 7) is 5.46. The van der Waals surface area contributed by atoms with Crippen LogP contribution in [0.25, 0.3) is 6.08 Å². The van der Waals surface area contributed by atoms with E-state index in [0.717, 1.165) is 0 Å². The highest BCUT2D eigenvalue weighted by molar-refractivity contribution is 5.86. The third-order valence-corrected chi connectivity index (χ3v) is 1.42. The van der Waals surface area contributed by atoms with Gasteiger partial charge in [0.2, 0.25) is 0 Å². The van der Waals surface area contributed by atoms with Crippen LogP contribution in [0, 0.1) is 0 Å². The minimum atomic E-state index is -0.468. The lowest BCUT2D eigenvalue weighted by Gasteiger charge is -2.17. The van der Waals surface area contributed by atoms with Gasteiger partial charge in [0, 0.05) is 13.1 Å². The maximum atomic E-state index is 11.3. The Morgan fingerprint density at radius 1 is 1.53 bits per heavy atom. The Morgan fingerprint density at radius 2 is 2.20 bits per heavy atom. The van der Waals surface area contributed by atoms with Gasteiger partial charge in [-0.3, -0.25) is 4.68 Å². The van der Waals surface area contributed by atoms with Crippen LogP contribution in [0.5, 0.6) is 0 Å². The van der Waals surface area contributed by atoms with Crippen LogP contribution in [0.3, 0.4) is 0 Å². The molecule has 1 rings (SSSR count). The van der Waals surface area contributed by atoms with E-state index in [2.05, 4.69) is 10.3 Å². The normalized spacial score (nSPS) is 12.0. The van der Waals surface area contributed by atoms with Crippen LogP contribution in [-0.2, 0) is 16.6 Å². The van der Waals surface area contributed by atoms with Gasteiger partial charge in [-0.1, -0.05) is 5.21 Å². The average molecular weight is 209 g/mol. The number of ether oxygens (including phenoxy) is 1. The Morgan fingerprint density at radius 3 is 2.67 bits per heavy atom. The van der Waals surface area contributed by atoms with Crippen molar-refractivity contribution in [2.24, 2.45) is 7.05 Å². The van der Waals surface area contributed by atoms with Crippen molar-refractivity contribution in [1.82, 2.24) is 15.0 Å². The first-order valence-corrected chi connectivity index (χ1v) is 4.64. The molecule has 1 aromatic heterocycles. The number of hydrogen-bond acceptors (Lipinski definition) is 4. The fourth-order valence-electron chi connectivity index (χ4n) is 0.931. The predicted molar refractivity (Wildman–Crippen MR) is 55.9 cm³/mol. The molecule has 0 N–H and O–H groups in total. The van der Waals surface area contributed by atoms with Crippen molar-refractivity contribution in [3.63, 3.8) is 0 Å². The lowest BCUT2D eigenvalue weighted by atomic mass is 10.2. The molecule has 0 bridgehead atoms.